The van der Waals surface area contributed by atoms with Crippen molar-refractivity contribution in [3.05, 3.63) is 15.6 Å². The van der Waals surface area contributed by atoms with E-state index in [0.29, 0.717) is 25.6 Å². The highest BCUT2D eigenvalue weighted by molar-refractivity contribution is 7.11. The van der Waals surface area contributed by atoms with Crippen LogP contribution in [0.1, 0.15) is 41.8 Å². The van der Waals surface area contributed by atoms with E-state index in [2.05, 4.69) is 24.1 Å². The minimum Gasteiger partial charge on any atom is -0.355 e. The topological polar surface area (TPSA) is 62.3 Å². The van der Waals surface area contributed by atoms with Gasteiger partial charge in [0.2, 0.25) is 11.8 Å². The molecule has 1 aliphatic carbocycles. The van der Waals surface area contributed by atoms with Crippen molar-refractivity contribution >= 4 is 23.2 Å². The second-order valence-corrected chi connectivity index (χ2v) is 7.47. The van der Waals surface area contributed by atoms with E-state index in [0.717, 1.165) is 36.4 Å². The molecule has 1 atom stereocenters. The summed E-state index contributed by atoms with van der Waals surface area (Å²) in [4.78, 5) is 31.8. The van der Waals surface area contributed by atoms with Crippen LogP contribution in [0.2, 0.25) is 0 Å². The molecule has 0 aromatic carbocycles. The number of aryl methyl sites for hydroxylation is 2. The van der Waals surface area contributed by atoms with Gasteiger partial charge in [-0.1, -0.05) is 6.92 Å². The molecule has 5 nitrogen and oxygen atoms in total. The van der Waals surface area contributed by atoms with E-state index < -0.39 is 0 Å². The Morgan fingerprint density at radius 1 is 1.45 bits per heavy atom. The van der Waals surface area contributed by atoms with Crippen LogP contribution in [0.15, 0.2) is 0 Å². The van der Waals surface area contributed by atoms with Crippen LogP contribution in [-0.2, 0) is 22.4 Å². The molecule has 0 bridgehead atoms. The predicted octanol–water partition coefficient (Wildman–Crippen LogP) is 1.68. The summed E-state index contributed by atoms with van der Waals surface area (Å²) in [6.45, 7) is 5.40. The van der Waals surface area contributed by atoms with Gasteiger partial charge in [0.05, 0.1) is 16.6 Å². The number of nitrogens with zero attached hydrogens (tertiary/aromatic N) is 2. The Morgan fingerprint density at radius 2 is 2.23 bits per heavy atom. The van der Waals surface area contributed by atoms with Crippen LogP contribution < -0.4 is 5.32 Å². The van der Waals surface area contributed by atoms with Crippen molar-refractivity contribution < 1.29 is 9.59 Å². The van der Waals surface area contributed by atoms with Gasteiger partial charge in [0.1, 0.15) is 0 Å². The van der Waals surface area contributed by atoms with Gasteiger partial charge in [0, 0.05) is 36.9 Å². The minimum atomic E-state index is -0.169. The number of rotatable bonds is 6. The van der Waals surface area contributed by atoms with Crippen LogP contribution >= 0.6 is 11.3 Å². The molecular weight excluding hydrogens is 298 g/mol. The van der Waals surface area contributed by atoms with Gasteiger partial charge < -0.3 is 10.2 Å². The Morgan fingerprint density at radius 3 is 2.86 bits per heavy atom. The quantitative estimate of drug-likeness (QED) is 0.867. The van der Waals surface area contributed by atoms with E-state index in [1.807, 2.05) is 4.90 Å². The molecule has 1 N–H and O–H groups in total. The molecule has 22 heavy (non-hydrogen) atoms. The summed E-state index contributed by atoms with van der Waals surface area (Å²) in [6, 6.07) is 0.413. The summed E-state index contributed by atoms with van der Waals surface area (Å²) in [6.07, 6.45) is 4.30. The summed E-state index contributed by atoms with van der Waals surface area (Å²) >= 11 is 1.71. The monoisotopic (exact) mass is 321 g/mol. The highest BCUT2D eigenvalue weighted by Gasteiger charge is 2.41. The molecule has 1 aromatic heterocycles. The minimum absolute atomic E-state index is 0.0143. The lowest BCUT2D eigenvalue weighted by molar-refractivity contribution is -0.129. The zero-order chi connectivity index (χ0) is 15.7. The second kappa shape index (κ2) is 6.36. The number of carbonyl (C=O) groups is 2. The third-order valence-corrected chi connectivity index (χ3v) is 5.50. The summed E-state index contributed by atoms with van der Waals surface area (Å²) in [5, 5.41) is 4.05. The molecule has 2 amide bonds. The van der Waals surface area contributed by atoms with E-state index in [4.69, 9.17) is 0 Å². The van der Waals surface area contributed by atoms with Gasteiger partial charge in [-0.2, -0.15) is 0 Å². The number of hydrogen-bond acceptors (Lipinski definition) is 4. The van der Waals surface area contributed by atoms with Crippen molar-refractivity contribution in [2.45, 2.75) is 52.0 Å². The largest absolute Gasteiger partial charge is 0.355 e. The maximum atomic E-state index is 12.2. The number of carbonyl (C=O) groups excluding carboxylic acids is 2. The third kappa shape index (κ3) is 3.32. The Kier molecular flexibility index (Phi) is 4.47. The Hall–Kier alpha value is -1.43. The van der Waals surface area contributed by atoms with Crippen LogP contribution in [0.5, 0.6) is 0 Å². The van der Waals surface area contributed by atoms with E-state index in [-0.39, 0.29) is 17.7 Å². The summed E-state index contributed by atoms with van der Waals surface area (Å²) in [7, 11) is 0. The molecule has 120 valence electrons. The first-order valence-corrected chi connectivity index (χ1v) is 8.92. The predicted molar refractivity (Wildman–Crippen MR) is 85.8 cm³/mol. The smallest absolute Gasteiger partial charge is 0.225 e. The van der Waals surface area contributed by atoms with Gasteiger partial charge in [-0.3, -0.25) is 9.59 Å². The fourth-order valence-corrected chi connectivity index (χ4v) is 4.03. The first-order valence-electron chi connectivity index (χ1n) is 8.10. The van der Waals surface area contributed by atoms with Crippen molar-refractivity contribution in [2.24, 2.45) is 5.92 Å². The van der Waals surface area contributed by atoms with Crippen LogP contribution in [0.3, 0.4) is 0 Å². The molecule has 3 rings (SSSR count). The normalized spacial score (nSPS) is 21.5. The van der Waals surface area contributed by atoms with Crippen molar-refractivity contribution in [1.29, 1.82) is 0 Å². The molecule has 1 aromatic rings. The first-order chi connectivity index (χ1) is 10.6. The molecule has 0 radical (unpaired) electrons. The SMILES string of the molecule is CCc1nc(CCNC(=O)[C@H]2CC(=O)N(C3CC3)C2)sc1C. The second-order valence-electron chi connectivity index (χ2n) is 6.18. The Labute approximate surface area is 135 Å². The molecule has 0 spiro atoms. The Bertz CT molecular complexity index is 580. The molecule has 1 saturated heterocycles. The van der Waals surface area contributed by atoms with Crippen molar-refractivity contribution in [3.8, 4) is 0 Å². The lowest BCUT2D eigenvalue weighted by atomic mass is 10.1. The van der Waals surface area contributed by atoms with Crippen molar-refractivity contribution in [2.75, 3.05) is 13.1 Å². The van der Waals surface area contributed by atoms with Crippen LogP contribution in [0.4, 0.5) is 0 Å². The molecule has 1 aliphatic heterocycles. The number of hydrogen-bond donors (Lipinski definition) is 1. The van der Waals surface area contributed by atoms with Gasteiger partial charge in [-0.05, 0) is 26.2 Å². The zero-order valence-electron chi connectivity index (χ0n) is 13.2. The summed E-state index contributed by atoms with van der Waals surface area (Å²) < 4.78 is 0. The number of thiazole rings is 1. The van der Waals surface area contributed by atoms with Gasteiger partial charge in [-0.15, -0.1) is 11.3 Å². The van der Waals surface area contributed by atoms with Crippen LogP contribution in [0, 0.1) is 12.8 Å². The fourth-order valence-electron chi connectivity index (χ4n) is 3.01. The molecule has 2 aliphatic rings. The number of nitrogens with one attached hydrogen (secondary N) is 1. The summed E-state index contributed by atoms with van der Waals surface area (Å²) in [5.41, 5.74) is 1.16. The van der Waals surface area contributed by atoms with Crippen LogP contribution in [-0.4, -0.2) is 40.8 Å². The van der Waals surface area contributed by atoms with E-state index in [9.17, 15) is 9.59 Å². The van der Waals surface area contributed by atoms with E-state index >= 15 is 0 Å². The molecule has 6 heteroatoms. The lowest BCUT2D eigenvalue weighted by Crippen LogP contribution is -2.34. The average Bonchev–Trinajstić information content (AvgIpc) is 3.16. The molecular formula is C16H23N3O2S. The zero-order valence-corrected chi connectivity index (χ0v) is 14.0. The van der Waals surface area contributed by atoms with Crippen molar-refractivity contribution in [3.63, 3.8) is 0 Å². The summed E-state index contributed by atoms with van der Waals surface area (Å²) in [5.74, 6) is -0.0105. The molecule has 2 fully saturated rings. The first kappa shape index (κ1) is 15.5. The molecule has 1 saturated carbocycles. The number of aromatic nitrogens is 1. The van der Waals surface area contributed by atoms with Gasteiger partial charge >= 0.3 is 0 Å². The maximum Gasteiger partial charge on any atom is 0.225 e. The Balaban J connectivity index is 1.45. The fraction of sp³-hybridized carbons (Fsp3) is 0.688. The molecule has 0 unspecified atom stereocenters. The molecule has 2 heterocycles. The highest BCUT2D eigenvalue weighted by Crippen LogP contribution is 2.32. The lowest BCUT2D eigenvalue weighted by Gasteiger charge is -2.15. The van der Waals surface area contributed by atoms with E-state index in [1.54, 1.807) is 11.3 Å². The third-order valence-electron chi connectivity index (χ3n) is 4.43. The average molecular weight is 321 g/mol. The van der Waals surface area contributed by atoms with Crippen LogP contribution in [0.25, 0.3) is 0 Å². The number of amides is 2. The van der Waals surface area contributed by atoms with Crippen molar-refractivity contribution in [1.82, 2.24) is 15.2 Å². The highest BCUT2D eigenvalue weighted by atomic mass is 32.1. The van der Waals surface area contributed by atoms with Gasteiger partial charge in [0.25, 0.3) is 0 Å². The number of likely N-dealkylation sites (tertiary alicyclic amines) is 1. The maximum absolute atomic E-state index is 12.2. The van der Waals surface area contributed by atoms with E-state index in [1.165, 1.54) is 4.88 Å². The van der Waals surface area contributed by atoms with Gasteiger partial charge in [0.15, 0.2) is 0 Å². The standard InChI is InChI=1S/C16H23N3O2S/c1-3-13-10(2)22-14(18-13)6-7-17-16(21)11-8-15(20)19(9-11)12-4-5-12/h11-12H,3-9H2,1-2H3,(H,17,21)/t11-/m0/s1. The van der Waals surface area contributed by atoms with Gasteiger partial charge in [-0.25, -0.2) is 4.98 Å².